The maximum Gasteiger partial charge on any atom is 0.143 e. The number of aliphatic hydroxyl groups is 1. The number of hydrogen-bond donors (Lipinski definition) is 1. The largest absolute Gasteiger partial charge is 0.497 e. The van der Waals surface area contributed by atoms with Crippen LogP contribution in [0.5, 0.6) is 11.5 Å². The second-order valence-electron chi connectivity index (χ2n) is 4.13. The van der Waals surface area contributed by atoms with E-state index in [1.165, 1.54) is 0 Å². The lowest BCUT2D eigenvalue weighted by Crippen LogP contribution is -2.00. The van der Waals surface area contributed by atoms with Crippen molar-refractivity contribution in [1.82, 2.24) is 0 Å². The number of ether oxygens (including phenoxy) is 2. The van der Waals surface area contributed by atoms with Crippen molar-refractivity contribution in [2.45, 2.75) is 13.2 Å². The minimum atomic E-state index is -0.116. The van der Waals surface area contributed by atoms with Gasteiger partial charge >= 0.3 is 0 Å². The normalized spacial score (nSPS) is 10.4. The molecular formula is C15H14BrClO3. The molecule has 0 aliphatic rings. The smallest absolute Gasteiger partial charge is 0.143 e. The second kappa shape index (κ2) is 6.97. The molecule has 2 rings (SSSR count). The molecule has 0 radical (unpaired) electrons. The Balaban J connectivity index is 2.21. The summed E-state index contributed by atoms with van der Waals surface area (Å²) in [5.74, 6) is 1.26. The van der Waals surface area contributed by atoms with Crippen LogP contribution in [-0.4, -0.2) is 12.2 Å². The van der Waals surface area contributed by atoms with Crippen LogP contribution in [0, 0.1) is 0 Å². The Morgan fingerprint density at radius 3 is 2.70 bits per heavy atom. The summed E-state index contributed by atoms with van der Waals surface area (Å²) in [6.45, 7) is 0.212. The highest BCUT2D eigenvalue weighted by Gasteiger charge is 2.09. The van der Waals surface area contributed by atoms with Crippen LogP contribution in [0.4, 0.5) is 0 Å². The van der Waals surface area contributed by atoms with Crippen molar-refractivity contribution in [3.05, 3.63) is 57.0 Å². The maximum atomic E-state index is 9.31. The fourth-order valence-electron chi connectivity index (χ4n) is 1.78. The van der Waals surface area contributed by atoms with Gasteiger partial charge in [0, 0.05) is 15.6 Å². The third-order valence-corrected chi connectivity index (χ3v) is 3.92. The molecule has 2 aromatic carbocycles. The zero-order chi connectivity index (χ0) is 14.5. The van der Waals surface area contributed by atoms with Gasteiger partial charge in [0.25, 0.3) is 0 Å². The molecule has 3 nitrogen and oxygen atoms in total. The first kappa shape index (κ1) is 15.2. The highest BCUT2D eigenvalue weighted by atomic mass is 79.9. The Kier molecular flexibility index (Phi) is 5.29. The summed E-state index contributed by atoms with van der Waals surface area (Å²) in [7, 11) is 1.62. The average Bonchev–Trinajstić information content (AvgIpc) is 2.47. The molecule has 0 aromatic heterocycles. The lowest BCUT2D eigenvalue weighted by Gasteiger charge is -2.13. The van der Waals surface area contributed by atoms with E-state index in [9.17, 15) is 5.11 Å². The van der Waals surface area contributed by atoms with Crippen molar-refractivity contribution in [2.24, 2.45) is 0 Å². The molecule has 2 aromatic rings. The van der Waals surface area contributed by atoms with Crippen molar-refractivity contribution < 1.29 is 14.6 Å². The topological polar surface area (TPSA) is 38.7 Å². The molecule has 20 heavy (non-hydrogen) atoms. The molecule has 0 aliphatic carbocycles. The Labute approximate surface area is 131 Å². The van der Waals surface area contributed by atoms with E-state index in [4.69, 9.17) is 21.1 Å². The van der Waals surface area contributed by atoms with Gasteiger partial charge < -0.3 is 14.6 Å². The standard InChI is InChI=1S/C15H14BrClO3/c1-19-12-5-6-13(16)11(7-12)9-20-15-10(8-18)3-2-4-14(15)17/h2-7,18H,8-9H2,1H3. The molecule has 106 valence electrons. The number of aliphatic hydroxyl groups excluding tert-OH is 1. The number of benzene rings is 2. The summed E-state index contributed by atoms with van der Waals surface area (Å²) in [6, 6.07) is 10.9. The van der Waals surface area contributed by atoms with E-state index in [2.05, 4.69) is 15.9 Å². The van der Waals surface area contributed by atoms with Gasteiger partial charge in [0.05, 0.1) is 18.7 Å². The summed E-state index contributed by atoms with van der Waals surface area (Å²) in [6.07, 6.45) is 0. The second-order valence-corrected chi connectivity index (χ2v) is 5.39. The van der Waals surface area contributed by atoms with Crippen LogP contribution in [0.1, 0.15) is 11.1 Å². The third kappa shape index (κ3) is 3.45. The molecule has 0 atom stereocenters. The van der Waals surface area contributed by atoms with Gasteiger partial charge in [0.2, 0.25) is 0 Å². The minimum Gasteiger partial charge on any atom is -0.497 e. The lowest BCUT2D eigenvalue weighted by atomic mass is 10.2. The summed E-state index contributed by atoms with van der Waals surface area (Å²) in [5.41, 5.74) is 1.60. The SMILES string of the molecule is COc1ccc(Br)c(COc2c(Cl)cccc2CO)c1. The first-order chi connectivity index (χ1) is 9.65. The van der Waals surface area contributed by atoms with Crippen LogP contribution in [0.25, 0.3) is 0 Å². The van der Waals surface area contributed by atoms with Gasteiger partial charge in [-0.1, -0.05) is 39.7 Å². The maximum absolute atomic E-state index is 9.31. The summed E-state index contributed by atoms with van der Waals surface area (Å²) >= 11 is 9.57. The van der Waals surface area contributed by atoms with E-state index in [-0.39, 0.29) is 6.61 Å². The molecule has 0 saturated carbocycles. The van der Waals surface area contributed by atoms with Crippen molar-refractivity contribution >= 4 is 27.5 Å². The van der Waals surface area contributed by atoms with Gasteiger partial charge in [-0.25, -0.2) is 0 Å². The molecular weight excluding hydrogens is 344 g/mol. The van der Waals surface area contributed by atoms with Crippen molar-refractivity contribution in [3.63, 3.8) is 0 Å². The first-order valence-corrected chi connectivity index (χ1v) is 7.16. The highest BCUT2D eigenvalue weighted by Crippen LogP contribution is 2.31. The Morgan fingerprint density at radius 1 is 1.20 bits per heavy atom. The Morgan fingerprint density at radius 2 is 2.00 bits per heavy atom. The molecule has 0 bridgehead atoms. The third-order valence-electron chi connectivity index (χ3n) is 2.84. The summed E-state index contributed by atoms with van der Waals surface area (Å²) in [4.78, 5) is 0. The number of hydrogen-bond acceptors (Lipinski definition) is 3. The predicted octanol–water partition coefficient (Wildman–Crippen LogP) is 4.18. The monoisotopic (exact) mass is 356 g/mol. The molecule has 0 unspecified atom stereocenters. The molecule has 1 N–H and O–H groups in total. The van der Waals surface area contributed by atoms with Crippen LogP contribution in [0.15, 0.2) is 40.9 Å². The van der Waals surface area contributed by atoms with Crippen LogP contribution in [-0.2, 0) is 13.2 Å². The number of para-hydroxylation sites is 1. The Bertz CT molecular complexity index is 602. The van der Waals surface area contributed by atoms with Gasteiger partial charge in [0.15, 0.2) is 0 Å². The predicted molar refractivity (Wildman–Crippen MR) is 82.4 cm³/mol. The fourth-order valence-corrected chi connectivity index (χ4v) is 2.39. The van der Waals surface area contributed by atoms with Gasteiger partial charge in [-0.3, -0.25) is 0 Å². The quantitative estimate of drug-likeness (QED) is 0.872. The molecule has 0 fully saturated rings. The lowest BCUT2D eigenvalue weighted by molar-refractivity contribution is 0.258. The van der Waals surface area contributed by atoms with E-state index >= 15 is 0 Å². The zero-order valence-electron chi connectivity index (χ0n) is 10.9. The van der Waals surface area contributed by atoms with Crippen LogP contribution in [0.3, 0.4) is 0 Å². The van der Waals surface area contributed by atoms with Crippen LogP contribution >= 0.6 is 27.5 Å². The fraction of sp³-hybridized carbons (Fsp3) is 0.200. The van der Waals surface area contributed by atoms with Gasteiger partial charge in [-0.05, 0) is 24.3 Å². The average molecular weight is 358 g/mol. The van der Waals surface area contributed by atoms with Crippen LogP contribution in [0.2, 0.25) is 5.02 Å². The van der Waals surface area contributed by atoms with Gasteiger partial charge in [-0.15, -0.1) is 0 Å². The Hall–Kier alpha value is -1.23. The summed E-state index contributed by atoms with van der Waals surface area (Å²) in [5, 5.41) is 9.79. The molecule has 0 amide bonds. The molecule has 0 spiro atoms. The molecule has 0 heterocycles. The number of rotatable bonds is 5. The van der Waals surface area contributed by atoms with Crippen molar-refractivity contribution in [1.29, 1.82) is 0 Å². The van der Waals surface area contributed by atoms with E-state index in [1.807, 2.05) is 18.2 Å². The molecule has 0 aliphatic heterocycles. The zero-order valence-corrected chi connectivity index (χ0v) is 13.2. The van der Waals surface area contributed by atoms with Crippen molar-refractivity contribution in [2.75, 3.05) is 7.11 Å². The highest BCUT2D eigenvalue weighted by molar-refractivity contribution is 9.10. The van der Waals surface area contributed by atoms with E-state index < -0.39 is 0 Å². The van der Waals surface area contributed by atoms with Crippen molar-refractivity contribution in [3.8, 4) is 11.5 Å². The van der Waals surface area contributed by atoms with E-state index in [0.717, 1.165) is 15.8 Å². The molecule has 5 heteroatoms. The van der Waals surface area contributed by atoms with Gasteiger partial charge in [-0.2, -0.15) is 0 Å². The van der Waals surface area contributed by atoms with E-state index in [0.29, 0.717) is 22.9 Å². The number of methoxy groups -OCH3 is 1. The van der Waals surface area contributed by atoms with Crippen LogP contribution < -0.4 is 9.47 Å². The molecule has 0 saturated heterocycles. The van der Waals surface area contributed by atoms with E-state index in [1.54, 1.807) is 25.3 Å². The summed E-state index contributed by atoms with van der Waals surface area (Å²) < 4.78 is 11.9. The first-order valence-electron chi connectivity index (χ1n) is 5.99. The minimum absolute atomic E-state index is 0.116. The van der Waals surface area contributed by atoms with Gasteiger partial charge in [0.1, 0.15) is 18.1 Å². The number of halogens is 2.